The molecule has 1 aliphatic carbocycles. The maximum Gasteiger partial charge on any atom is 0.233 e. The number of thioether (sulfide) groups is 1. The molecule has 5 nitrogen and oxygen atoms in total. The summed E-state index contributed by atoms with van der Waals surface area (Å²) in [6.07, 6.45) is 10.4. The SMILES string of the molecule is O=C(CSc1nc2cccnc2n1C1CCCCC1)N1CCCC1. The van der Waals surface area contributed by atoms with Gasteiger partial charge in [0.05, 0.1) is 5.75 Å². The van der Waals surface area contributed by atoms with Crippen molar-refractivity contribution in [1.29, 1.82) is 0 Å². The molecule has 3 heterocycles. The molecular formula is C18H24N4OS. The van der Waals surface area contributed by atoms with Crippen LogP contribution in [0.15, 0.2) is 23.5 Å². The van der Waals surface area contributed by atoms with Crippen LogP contribution >= 0.6 is 11.8 Å². The first kappa shape index (κ1) is 15.9. The van der Waals surface area contributed by atoms with E-state index < -0.39 is 0 Å². The Morgan fingerprint density at radius 2 is 1.96 bits per heavy atom. The molecule has 0 unspecified atom stereocenters. The van der Waals surface area contributed by atoms with Gasteiger partial charge in [-0.3, -0.25) is 4.79 Å². The summed E-state index contributed by atoms with van der Waals surface area (Å²) in [6, 6.07) is 4.43. The second-order valence-corrected chi connectivity index (χ2v) is 7.72. The fourth-order valence-corrected chi connectivity index (χ4v) is 4.84. The molecule has 24 heavy (non-hydrogen) atoms. The highest BCUT2D eigenvalue weighted by atomic mass is 32.2. The van der Waals surface area contributed by atoms with Crippen LogP contribution in [0.2, 0.25) is 0 Å². The van der Waals surface area contributed by atoms with Crippen molar-refractivity contribution >= 4 is 28.8 Å². The lowest BCUT2D eigenvalue weighted by molar-refractivity contribution is -0.127. The Balaban J connectivity index is 1.57. The van der Waals surface area contributed by atoms with Crippen LogP contribution < -0.4 is 0 Å². The molecule has 4 rings (SSSR count). The van der Waals surface area contributed by atoms with E-state index in [4.69, 9.17) is 4.98 Å². The standard InChI is InChI=1S/C18H24N4OS/c23-16(21-11-4-5-12-21)13-24-18-20-15-9-6-10-19-17(15)22(18)14-7-2-1-3-8-14/h6,9-10,14H,1-5,7-8,11-13H2. The highest BCUT2D eigenvalue weighted by Gasteiger charge is 2.24. The zero-order valence-corrected chi connectivity index (χ0v) is 14.8. The van der Waals surface area contributed by atoms with Crippen molar-refractivity contribution in [2.45, 2.75) is 56.1 Å². The molecule has 0 N–H and O–H groups in total. The number of hydrogen-bond acceptors (Lipinski definition) is 4. The Morgan fingerprint density at radius 3 is 2.75 bits per heavy atom. The molecule has 1 amide bonds. The number of likely N-dealkylation sites (tertiary alicyclic amines) is 1. The molecule has 128 valence electrons. The fourth-order valence-electron chi connectivity index (χ4n) is 3.86. The van der Waals surface area contributed by atoms with Gasteiger partial charge in [0.25, 0.3) is 0 Å². The summed E-state index contributed by atoms with van der Waals surface area (Å²) in [4.78, 5) is 23.7. The van der Waals surface area contributed by atoms with Gasteiger partial charge in [-0.2, -0.15) is 0 Å². The minimum absolute atomic E-state index is 0.243. The molecule has 1 saturated carbocycles. The molecule has 0 aromatic carbocycles. The van der Waals surface area contributed by atoms with Gasteiger partial charge in [-0.05, 0) is 37.8 Å². The van der Waals surface area contributed by atoms with E-state index in [0.717, 1.165) is 42.3 Å². The number of pyridine rings is 1. The topological polar surface area (TPSA) is 51.0 Å². The van der Waals surface area contributed by atoms with Crippen molar-refractivity contribution < 1.29 is 4.79 Å². The Kier molecular flexibility index (Phi) is 4.74. The number of hydrogen-bond donors (Lipinski definition) is 0. The van der Waals surface area contributed by atoms with Gasteiger partial charge >= 0.3 is 0 Å². The van der Waals surface area contributed by atoms with Gasteiger partial charge in [-0.15, -0.1) is 0 Å². The lowest BCUT2D eigenvalue weighted by Gasteiger charge is -2.25. The minimum atomic E-state index is 0.243. The summed E-state index contributed by atoms with van der Waals surface area (Å²) in [5, 5.41) is 0.961. The van der Waals surface area contributed by atoms with Gasteiger partial charge < -0.3 is 9.47 Å². The zero-order chi connectivity index (χ0) is 16.4. The normalized spacial score (nSPS) is 19.2. The van der Waals surface area contributed by atoms with E-state index in [2.05, 4.69) is 9.55 Å². The van der Waals surface area contributed by atoms with Gasteiger partial charge in [-0.1, -0.05) is 31.0 Å². The van der Waals surface area contributed by atoms with Gasteiger partial charge in [-0.25, -0.2) is 9.97 Å². The summed E-state index contributed by atoms with van der Waals surface area (Å²) in [7, 11) is 0. The van der Waals surface area contributed by atoms with Crippen molar-refractivity contribution in [2.75, 3.05) is 18.8 Å². The number of imidazole rings is 1. The summed E-state index contributed by atoms with van der Waals surface area (Å²) in [6.45, 7) is 1.83. The third-order valence-corrected chi connectivity index (χ3v) is 6.08. The first-order valence-corrected chi connectivity index (χ1v) is 10.0. The lowest BCUT2D eigenvalue weighted by Crippen LogP contribution is -2.29. The number of carbonyl (C=O) groups is 1. The van der Waals surface area contributed by atoms with Gasteiger partial charge in [0.1, 0.15) is 5.52 Å². The van der Waals surface area contributed by atoms with Crippen molar-refractivity contribution in [3.63, 3.8) is 0 Å². The van der Waals surface area contributed by atoms with E-state index >= 15 is 0 Å². The molecule has 0 radical (unpaired) electrons. The molecule has 2 aromatic heterocycles. The van der Waals surface area contributed by atoms with E-state index in [1.54, 1.807) is 11.8 Å². The zero-order valence-electron chi connectivity index (χ0n) is 14.0. The quantitative estimate of drug-likeness (QED) is 0.795. The Morgan fingerprint density at radius 1 is 1.17 bits per heavy atom. The van der Waals surface area contributed by atoms with Crippen molar-refractivity contribution in [2.24, 2.45) is 0 Å². The first-order chi connectivity index (χ1) is 11.8. The van der Waals surface area contributed by atoms with Crippen LogP contribution in [0, 0.1) is 0 Å². The predicted molar refractivity (Wildman–Crippen MR) is 96.2 cm³/mol. The monoisotopic (exact) mass is 344 g/mol. The molecule has 6 heteroatoms. The predicted octanol–water partition coefficient (Wildman–Crippen LogP) is 3.65. The summed E-state index contributed by atoms with van der Waals surface area (Å²) >= 11 is 1.58. The van der Waals surface area contributed by atoms with Crippen LogP contribution in [0.1, 0.15) is 51.0 Å². The van der Waals surface area contributed by atoms with Crippen LogP contribution in [0.4, 0.5) is 0 Å². The molecule has 0 spiro atoms. The van der Waals surface area contributed by atoms with E-state index in [1.165, 1.54) is 32.1 Å². The number of carbonyl (C=O) groups excluding carboxylic acids is 1. The van der Waals surface area contributed by atoms with E-state index in [1.807, 2.05) is 23.2 Å². The molecule has 1 aliphatic heterocycles. The maximum atomic E-state index is 12.4. The smallest absolute Gasteiger partial charge is 0.233 e. The number of rotatable bonds is 4. The first-order valence-electron chi connectivity index (χ1n) is 9.06. The molecule has 1 saturated heterocycles. The maximum absolute atomic E-state index is 12.4. The third kappa shape index (κ3) is 3.16. The van der Waals surface area contributed by atoms with Gasteiger partial charge in [0.15, 0.2) is 10.8 Å². The lowest BCUT2D eigenvalue weighted by atomic mass is 9.95. The van der Waals surface area contributed by atoms with Gasteiger partial charge in [0, 0.05) is 25.3 Å². The largest absolute Gasteiger partial charge is 0.342 e. The van der Waals surface area contributed by atoms with Crippen LogP contribution in [-0.4, -0.2) is 44.2 Å². The Hall–Kier alpha value is -1.56. The highest BCUT2D eigenvalue weighted by Crippen LogP contribution is 2.35. The fraction of sp³-hybridized carbons (Fsp3) is 0.611. The van der Waals surface area contributed by atoms with Crippen molar-refractivity contribution in [1.82, 2.24) is 19.4 Å². The number of nitrogens with zero attached hydrogens (tertiary/aromatic N) is 4. The summed E-state index contributed by atoms with van der Waals surface area (Å²) < 4.78 is 2.30. The number of fused-ring (bicyclic) bond motifs is 1. The summed E-state index contributed by atoms with van der Waals surface area (Å²) in [5.41, 5.74) is 1.92. The Labute approximate surface area is 146 Å². The van der Waals surface area contributed by atoms with Crippen LogP contribution in [0.25, 0.3) is 11.2 Å². The molecular weight excluding hydrogens is 320 g/mol. The van der Waals surface area contributed by atoms with E-state index in [9.17, 15) is 4.79 Å². The molecule has 2 aliphatic rings. The second kappa shape index (κ2) is 7.13. The van der Waals surface area contributed by atoms with E-state index in [0.29, 0.717) is 11.8 Å². The van der Waals surface area contributed by atoms with Crippen LogP contribution in [-0.2, 0) is 4.79 Å². The van der Waals surface area contributed by atoms with Crippen molar-refractivity contribution in [3.8, 4) is 0 Å². The second-order valence-electron chi connectivity index (χ2n) is 6.78. The Bertz CT molecular complexity index is 717. The third-order valence-electron chi connectivity index (χ3n) is 5.14. The number of amides is 1. The number of aromatic nitrogens is 3. The van der Waals surface area contributed by atoms with Crippen LogP contribution in [0.5, 0.6) is 0 Å². The van der Waals surface area contributed by atoms with Gasteiger partial charge in [0.2, 0.25) is 5.91 Å². The minimum Gasteiger partial charge on any atom is -0.342 e. The molecule has 0 atom stereocenters. The average Bonchev–Trinajstić information content (AvgIpc) is 3.28. The molecule has 0 bridgehead atoms. The average molecular weight is 344 g/mol. The van der Waals surface area contributed by atoms with Crippen molar-refractivity contribution in [3.05, 3.63) is 18.3 Å². The molecule has 2 fully saturated rings. The van der Waals surface area contributed by atoms with E-state index in [-0.39, 0.29) is 5.91 Å². The van der Waals surface area contributed by atoms with Crippen LogP contribution in [0.3, 0.4) is 0 Å². The molecule has 2 aromatic rings. The summed E-state index contributed by atoms with van der Waals surface area (Å²) in [5.74, 6) is 0.725. The highest BCUT2D eigenvalue weighted by molar-refractivity contribution is 7.99.